The number of fused-ring (bicyclic) bond motifs is 1. The number of nitrogens with zero attached hydrogens (tertiary/aromatic N) is 3. The fourth-order valence-electron chi connectivity index (χ4n) is 2.52. The van der Waals surface area contributed by atoms with E-state index in [1.165, 1.54) is 0 Å². The van der Waals surface area contributed by atoms with Crippen LogP contribution < -0.4 is 0 Å². The number of carbonyl (C=O) groups is 1. The van der Waals surface area contributed by atoms with E-state index in [1.54, 1.807) is 23.7 Å². The van der Waals surface area contributed by atoms with Crippen molar-refractivity contribution in [2.24, 2.45) is 0 Å². The molecule has 0 atom stereocenters. The summed E-state index contributed by atoms with van der Waals surface area (Å²) in [6, 6.07) is 11.6. The first-order valence-corrected chi connectivity index (χ1v) is 8.41. The van der Waals surface area contributed by atoms with Gasteiger partial charge >= 0.3 is 0 Å². The molecule has 0 amide bonds. The molecule has 4 aromatic rings. The Hall–Kier alpha value is -2.86. The van der Waals surface area contributed by atoms with Gasteiger partial charge in [-0.15, -0.1) is 11.3 Å². The molecule has 3 heterocycles. The molecule has 1 aromatic carbocycles. The summed E-state index contributed by atoms with van der Waals surface area (Å²) in [6.45, 7) is 0. The Balaban J connectivity index is 1.47. The highest BCUT2D eigenvalue weighted by Crippen LogP contribution is 2.27. The zero-order valence-electron chi connectivity index (χ0n) is 12.7. The maximum atomic E-state index is 12.5. The van der Waals surface area contributed by atoms with Crippen LogP contribution in [0.5, 0.6) is 0 Å². The number of Topliss-reactive ketones (excluding diaryl/α,β-unsaturated/α-hetero) is 1. The van der Waals surface area contributed by atoms with Crippen LogP contribution in [0.25, 0.3) is 21.5 Å². The summed E-state index contributed by atoms with van der Waals surface area (Å²) in [5, 5.41) is 6.88. The van der Waals surface area contributed by atoms with Gasteiger partial charge in [-0.2, -0.15) is 4.98 Å². The molecule has 0 fully saturated rings. The Morgan fingerprint density at radius 2 is 1.96 bits per heavy atom. The smallest absolute Gasteiger partial charge is 0.227 e. The third-order valence-electron chi connectivity index (χ3n) is 3.75. The van der Waals surface area contributed by atoms with Gasteiger partial charge in [0.1, 0.15) is 0 Å². The Morgan fingerprint density at radius 3 is 2.83 bits per heavy atom. The van der Waals surface area contributed by atoms with Gasteiger partial charge in [0.15, 0.2) is 5.78 Å². The summed E-state index contributed by atoms with van der Waals surface area (Å²) in [6.07, 6.45) is 4.13. The van der Waals surface area contributed by atoms with E-state index in [9.17, 15) is 4.79 Å². The lowest BCUT2D eigenvalue weighted by Crippen LogP contribution is -2.00. The Labute approximate surface area is 142 Å². The molecule has 0 aliphatic rings. The Bertz CT molecular complexity index is 992. The Kier molecular flexibility index (Phi) is 3.88. The molecular formula is C18H13N3O2S. The molecule has 24 heavy (non-hydrogen) atoms. The largest absolute Gasteiger partial charge is 0.339 e. The zero-order valence-corrected chi connectivity index (χ0v) is 13.5. The van der Waals surface area contributed by atoms with Crippen molar-refractivity contribution < 1.29 is 9.32 Å². The number of ketones is 1. The number of carbonyl (C=O) groups excluding carboxylic acids is 1. The first-order valence-electron chi connectivity index (χ1n) is 7.54. The molecule has 0 saturated heterocycles. The third-order valence-corrected chi connectivity index (χ3v) is 4.72. The summed E-state index contributed by atoms with van der Waals surface area (Å²) < 4.78 is 6.37. The van der Waals surface area contributed by atoms with Crippen LogP contribution in [0.4, 0.5) is 0 Å². The topological polar surface area (TPSA) is 68.9 Å². The minimum atomic E-state index is 0.0936. The van der Waals surface area contributed by atoms with Crippen molar-refractivity contribution in [2.45, 2.75) is 12.8 Å². The normalized spacial score (nSPS) is 11.0. The number of aromatic nitrogens is 3. The lowest BCUT2D eigenvalue weighted by Gasteiger charge is -1.97. The van der Waals surface area contributed by atoms with Gasteiger partial charge in [-0.3, -0.25) is 9.78 Å². The molecule has 0 unspecified atom stereocenters. The molecule has 0 aliphatic heterocycles. The highest BCUT2D eigenvalue weighted by Gasteiger charge is 2.14. The standard InChI is InChI=1S/C18H13N3O2S/c22-15(14-11-24-16-4-2-1-3-13(14)16)5-6-17-20-18(21-23-17)12-7-9-19-10-8-12/h1-4,7-11H,5-6H2. The second kappa shape index (κ2) is 6.33. The Morgan fingerprint density at radius 1 is 1.12 bits per heavy atom. The number of benzene rings is 1. The average molecular weight is 335 g/mol. The molecule has 0 bridgehead atoms. The van der Waals surface area contributed by atoms with E-state index in [0.29, 0.717) is 24.6 Å². The highest BCUT2D eigenvalue weighted by atomic mass is 32.1. The minimum absolute atomic E-state index is 0.0936. The van der Waals surface area contributed by atoms with Gasteiger partial charge in [0, 0.05) is 51.8 Å². The predicted octanol–water partition coefficient (Wildman–Crippen LogP) is 4.16. The summed E-state index contributed by atoms with van der Waals surface area (Å²) in [4.78, 5) is 20.8. The predicted molar refractivity (Wildman–Crippen MR) is 92.0 cm³/mol. The van der Waals surface area contributed by atoms with E-state index >= 15 is 0 Å². The lowest BCUT2D eigenvalue weighted by atomic mass is 10.1. The molecule has 0 radical (unpaired) electrons. The minimum Gasteiger partial charge on any atom is -0.339 e. The summed E-state index contributed by atoms with van der Waals surface area (Å²) in [5.41, 5.74) is 1.61. The number of thiophene rings is 1. The van der Waals surface area contributed by atoms with Crippen molar-refractivity contribution in [3.05, 3.63) is 65.6 Å². The van der Waals surface area contributed by atoms with Crippen LogP contribution in [-0.2, 0) is 6.42 Å². The van der Waals surface area contributed by atoms with Crippen LogP contribution in [0.1, 0.15) is 22.7 Å². The summed E-state index contributed by atoms with van der Waals surface area (Å²) in [5.74, 6) is 1.08. The van der Waals surface area contributed by atoms with E-state index in [-0.39, 0.29) is 5.78 Å². The number of aryl methyl sites for hydroxylation is 1. The molecule has 4 rings (SSSR count). The molecule has 0 saturated carbocycles. The van der Waals surface area contributed by atoms with Gasteiger partial charge in [0.05, 0.1) is 0 Å². The van der Waals surface area contributed by atoms with Crippen LogP contribution >= 0.6 is 11.3 Å². The van der Waals surface area contributed by atoms with Crippen molar-refractivity contribution in [3.8, 4) is 11.4 Å². The summed E-state index contributed by atoms with van der Waals surface area (Å²) >= 11 is 1.59. The number of rotatable bonds is 5. The SMILES string of the molecule is O=C(CCc1nc(-c2ccncc2)no1)c1csc2ccccc12. The van der Waals surface area contributed by atoms with Crippen molar-refractivity contribution >= 4 is 27.2 Å². The number of hydrogen-bond acceptors (Lipinski definition) is 6. The molecule has 118 valence electrons. The first-order chi connectivity index (χ1) is 11.8. The zero-order chi connectivity index (χ0) is 16.4. The maximum absolute atomic E-state index is 12.5. The van der Waals surface area contributed by atoms with Gasteiger partial charge in [0.2, 0.25) is 11.7 Å². The summed E-state index contributed by atoms with van der Waals surface area (Å²) in [7, 11) is 0. The van der Waals surface area contributed by atoms with Crippen molar-refractivity contribution in [3.63, 3.8) is 0 Å². The lowest BCUT2D eigenvalue weighted by molar-refractivity contribution is 0.0981. The van der Waals surface area contributed by atoms with E-state index in [4.69, 9.17) is 4.52 Å². The van der Waals surface area contributed by atoms with Gasteiger partial charge in [0.25, 0.3) is 0 Å². The van der Waals surface area contributed by atoms with Crippen molar-refractivity contribution in [2.75, 3.05) is 0 Å². The molecule has 0 N–H and O–H groups in total. The fraction of sp³-hybridized carbons (Fsp3) is 0.111. The van der Waals surface area contributed by atoms with Gasteiger partial charge < -0.3 is 4.52 Å². The quantitative estimate of drug-likeness (QED) is 0.512. The van der Waals surface area contributed by atoms with Gasteiger partial charge in [-0.05, 0) is 18.2 Å². The van der Waals surface area contributed by atoms with E-state index < -0.39 is 0 Å². The van der Waals surface area contributed by atoms with E-state index in [2.05, 4.69) is 15.1 Å². The molecular weight excluding hydrogens is 322 g/mol. The number of pyridine rings is 1. The molecule has 0 spiro atoms. The van der Waals surface area contributed by atoms with E-state index in [1.807, 2.05) is 41.8 Å². The third kappa shape index (κ3) is 2.83. The van der Waals surface area contributed by atoms with E-state index in [0.717, 1.165) is 21.2 Å². The number of hydrogen-bond donors (Lipinski definition) is 0. The average Bonchev–Trinajstić information content (AvgIpc) is 3.27. The fourth-order valence-corrected chi connectivity index (χ4v) is 3.49. The second-order valence-corrected chi connectivity index (χ2v) is 6.23. The monoisotopic (exact) mass is 335 g/mol. The van der Waals surface area contributed by atoms with Crippen molar-refractivity contribution in [1.82, 2.24) is 15.1 Å². The molecule has 6 heteroatoms. The maximum Gasteiger partial charge on any atom is 0.227 e. The van der Waals surface area contributed by atoms with Crippen LogP contribution in [0.3, 0.4) is 0 Å². The van der Waals surface area contributed by atoms with Crippen molar-refractivity contribution in [1.29, 1.82) is 0 Å². The molecule has 0 aliphatic carbocycles. The molecule has 3 aromatic heterocycles. The van der Waals surface area contributed by atoms with Crippen LogP contribution in [0, 0.1) is 0 Å². The van der Waals surface area contributed by atoms with Gasteiger partial charge in [-0.25, -0.2) is 0 Å². The first kappa shape index (κ1) is 14.7. The molecule has 5 nitrogen and oxygen atoms in total. The van der Waals surface area contributed by atoms with Crippen LogP contribution in [0.15, 0.2) is 58.7 Å². The van der Waals surface area contributed by atoms with Crippen LogP contribution in [0.2, 0.25) is 0 Å². The second-order valence-electron chi connectivity index (χ2n) is 5.32. The highest BCUT2D eigenvalue weighted by molar-refractivity contribution is 7.17. The van der Waals surface area contributed by atoms with Crippen LogP contribution in [-0.4, -0.2) is 20.9 Å². The van der Waals surface area contributed by atoms with Gasteiger partial charge in [-0.1, -0.05) is 23.4 Å².